The molecule has 1 heterocycles. The van der Waals surface area contributed by atoms with E-state index in [0.29, 0.717) is 17.1 Å². The van der Waals surface area contributed by atoms with Crippen molar-refractivity contribution in [3.05, 3.63) is 17.0 Å². The molecule has 3 unspecified atom stereocenters. The minimum Gasteiger partial charge on any atom is -0.367 e. The lowest BCUT2D eigenvalue weighted by atomic mass is 9.93. The Morgan fingerprint density at radius 2 is 2.11 bits per heavy atom. The number of nitrogens with one attached hydrogen (secondary N) is 1. The van der Waals surface area contributed by atoms with Crippen molar-refractivity contribution < 1.29 is 0 Å². The van der Waals surface area contributed by atoms with E-state index in [1.54, 1.807) is 0 Å². The van der Waals surface area contributed by atoms with Gasteiger partial charge in [-0.25, -0.2) is 9.97 Å². The van der Waals surface area contributed by atoms with E-state index < -0.39 is 0 Å². The Hall–Kier alpha value is -0.830. The predicted octanol–water partition coefficient (Wildman–Crippen LogP) is 3.93. The van der Waals surface area contributed by atoms with Gasteiger partial charge in [0.25, 0.3) is 0 Å². The van der Waals surface area contributed by atoms with E-state index in [0.717, 1.165) is 24.0 Å². The molecule has 0 aliphatic heterocycles. The quantitative estimate of drug-likeness (QED) is 0.840. The van der Waals surface area contributed by atoms with Crippen LogP contribution in [0.15, 0.2) is 6.07 Å². The van der Waals surface area contributed by atoms with Gasteiger partial charge in [0.1, 0.15) is 16.8 Å². The number of nitrogens with zero attached hydrogens (tertiary/aromatic N) is 2. The van der Waals surface area contributed by atoms with Gasteiger partial charge < -0.3 is 5.32 Å². The highest BCUT2D eigenvalue weighted by atomic mass is 35.5. The van der Waals surface area contributed by atoms with Gasteiger partial charge in [0.15, 0.2) is 0 Å². The van der Waals surface area contributed by atoms with Crippen LogP contribution in [0.3, 0.4) is 0 Å². The molecule has 0 radical (unpaired) electrons. The summed E-state index contributed by atoms with van der Waals surface area (Å²) in [5, 5.41) is 4.06. The first-order valence-corrected chi connectivity index (χ1v) is 7.31. The summed E-state index contributed by atoms with van der Waals surface area (Å²) in [7, 11) is 0. The molecule has 18 heavy (non-hydrogen) atoms. The van der Waals surface area contributed by atoms with Crippen molar-refractivity contribution in [2.75, 3.05) is 5.32 Å². The Kier molecular flexibility index (Phi) is 4.44. The molecule has 100 valence electrons. The highest BCUT2D eigenvalue weighted by molar-refractivity contribution is 6.29. The number of halogens is 1. The second-order valence-corrected chi connectivity index (χ2v) is 5.59. The first-order chi connectivity index (χ1) is 8.63. The second-order valence-electron chi connectivity index (χ2n) is 5.20. The van der Waals surface area contributed by atoms with Crippen LogP contribution in [0.4, 0.5) is 5.82 Å². The third kappa shape index (κ3) is 2.94. The minimum atomic E-state index is 0.519. The third-order valence-corrected chi connectivity index (χ3v) is 4.34. The minimum absolute atomic E-state index is 0.519. The lowest BCUT2D eigenvalue weighted by Crippen LogP contribution is -2.25. The number of aromatic nitrogens is 2. The van der Waals surface area contributed by atoms with Crippen LogP contribution in [-0.2, 0) is 6.42 Å². The molecule has 1 aromatic heterocycles. The maximum atomic E-state index is 6.02. The van der Waals surface area contributed by atoms with E-state index in [4.69, 9.17) is 11.6 Å². The summed E-state index contributed by atoms with van der Waals surface area (Å²) in [6.07, 6.45) is 4.62. The van der Waals surface area contributed by atoms with Crippen LogP contribution in [0.2, 0.25) is 5.15 Å². The lowest BCUT2D eigenvalue weighted by Gasteiger charge is -2.21. The molecule has 1 fully saturated rings. The molecule has 1 N–H and O–H groups in total. The lowest BCUT2D eigenvalue weighted by molar-refractivity contribution is 0.391. The first-order valence-electron chi connectivity index (χ1n) is 6.94. The number of anilines is 1. The number of hydrogen-bond donors (Lipinski definition) is 1. The highest BCUT2D eigenvalue weighted by Gasteiger charge is 2.31. The van der Waals surface area contributed by atoms with Gasteiger partial charge in [0.05, 0.1) is 0 Å². The van der Waals surface area contributed by atoms with Gasteiger partial charge in [-0.1, -0.05) is 38.8 Å². The van der Waals surface area contributed by atoms with Crippen LogP contribution in [0.1, 0.15) is 45.9 Å². The van der Waals surface area contributed by atoms with Gasteiger partial charge in [-0.15, -0.1) is 0 Å². The Labute approximate surface area is 114 Å². The average Bonchev–Trinajstić information content (AvgIpc) is 2.70. The zero-order chi connectivity index (χ0) is 13.1. The van der Waals surface area contributed by atoms with E-state index in [9.17, 15) is 0 Å². The Bertz CT molecular complexity index is 408. The predicted molar refractivity (Wildman–Crippen MR) is 76.0 cm³/mol. The van der Waals surface area contributed by atoms with Gasteiger partial charge in [0.2, 0.25) is 0 Å². The maximum Gasteiger partial charge on any atom is 0.134 e. The van der Waals surface area contributed by atoms with Crippen molar-refractivity contribution in [2.24, 2.45) is 11.8 Å². The molecule has 1 aliphatic carbocycles. The summed E-state index contributed by atoms with van der Waals surface area (Å²) >= 11 is 6.02. The van der Waals surface area contributed by atoms with Crippen molar-refractivity contribution in [2.45, 2.75) is 52.5 Å². The summed E-state index contributed by atoms with van der Waals surface area (Å²) in [4.78, 5) is 8.69. The van der Waals surface area contributed by atoms with Crippen molar-refractivity contribution in [1.29, 1.82) is 0 Å². The molecule has 2 rings (SSSR count). The third-order valence-electron chi connectivity index (χ3n) is 4.14. The topological polar surface area (TPSA) is 37.8 Å². The fourth-order valence-corrected chi connectivity index (χ4v) is 3.12. The van der Waals surface area contributed by atoms with Crippen molar-refractivity contribution in [3.8, 4) is 0 Å². The summed E-state index contributed by atoms with van der Waals surface area (Å²) in [6, 6.07) is 2.35. The van der Waals surface area contributed by atoms with E-state index in [2.05, 4.69) is 29.1 Å². The molecule has 3 nitrogen and oxygen atoms in total. The van der Waals surface area contributed by atoms with E-state index in [1.807, 2.05) is 13.0 Å². The fraction of sp³-hybridized carbons (Fsp3) is 0.714. The molecule has 0 aromatic carbocycles. The molecule has 1 aromatic rings. The molecule has 4 heteroatoms. The van der Waals surface area contributed by atoms with Gasteiger partial charge >= 0.3 is 0 Å². The van der Waals surface area contributed by atoms with Gasteiger partial charge in [-0.2, -0.15) is 0 Å². The van der Waals surface area contributed by atoms with Crippen LogP contribution >= 0.6 is 11.6 Å². The molecule has 1 saturated carbocycles. The van der Waals surface area contributed by atoms with E-state index in [-0.39, 0.29) is 0 Å². The van der Waals surface area contributed by atoms with Crippen LogP contribution in [0.5, 0.6) is 0 Å². The molecule has 1 aliphatic rings. The normalized spacial score (nSPS) is 27.4. The Morgan fingerprint density at radius 1 is 1.33 bits per heavy atom. The Balaban J connectivity index is 2.08. The van der Waals surface area contributed by atoms with Crippen molar-refractivity contribution in [1.82, 2.24) is 9.97 Å². The maximum absolute atomic E-state index is 6.02. The van der Waals surface area contributed by atoms with Crippen LogP contribution in [0, 0.1) is 11.8 Å². The van der Waals surface area contributed by atoms with E-state index in [1.165, 1.54) is 19.3 Å². The summed E-state index contributed by atoms with van der Waals surface area (Å²) in [6.45, 7) is 6.66. The number of hydrogen-bond acceptors (Lipinski definition) is 3. The molecular formula is C14H22ClN3. The molecular weight excluding hydrogens is 246 g/mol. The smallest absolute Gasteiger partial charge is 0.134 e. The van der Waals surface area contributed by atoms with Crippen LogP contribution in [-0.4, -0.2) is 16.0 Å². The van der Waals surface area contributed by atoms with Gasteiger partial charge in [-0.3, -0.25) is 0 Å². The summed E-state index contributed by atoms with van der Waals surface area (Å²) in [5.41, 5.74) is 0. The SMILES string of the molecule is CCc1nc(Cl)cc(NC2CCC(CC)C2C)n1. The standard InChI is InChI=1S/C14H22ClN3/c1-4-10-6-7-11(9(10)3)16-14-8-12(15)17-13(5-2)18-14/h8-11H,4-7H2,1-3H3,(H,16,17,18). The van der Waals surface area contributed by atoms with Crippen molar-refractivity contribution >= 4 is 17.4 Å². The van der Waals surface area contributed by atoms with Crippen LogP contribution in [0.25, 0.3) is 0 Å². The highest BCUT2D eigenvalue weighted by Crippen LogP contribution is 2.35. The monoisotopic (exact) mass is 267 g/mol. The first kappa shape index (κ1) is 13.6. The summed E-state index contributed by atoms with van der Waals surface area (Å²) < 4.78 is 0. The molecule has 3 atom stereocenters. The van der Waals surface area contributed by atoms with Crippen molar-refractivity contribution in [3.63, 3.8) is 0 Å². The summed E-state index contributed by atoms with van der Waals surface area (Å²) in [5.74, 6) is 3.22. The van der Waals surface area contributed by atoms with Gasteiger partial charge in [0, 0.05) is 18.5 Å². The Morgan fingerprint density at radius 3 is 2.72 bits per heavy atom. The molecule has 0 saturated heterocycles. The number of rotatable bonds is 4. The fourth-order valence-electron chi connectivity index (χ4n) is 2.91. The average molecular weight is 268 g/mol. The van der Waals surface area contributed by atoms with Gasteiger partial charge in [-0.05, 0) is 24.7 Å². The molecule has 0 spiro atoms. The molecule has 0 amide bonds. The largest absolute Gasteiger partial charge is 0.367 e. The second kappa shape index (κ2) is 5.87. The van der Waals surface area contributed by atoms with E-state index >= 15 is 0 Å². The zero-order valence-electron chi connectivity index (χ0n) is 11.4. The van der Waals surface area contributed by atoms with Crippen LogP contribution < -0.4 is 5.32 Å². The number of aryl methyl sites for hydroxylation is 1. The zero-order valence-corrected chi connectivity index (χ0v) is 12.2. The molecule has 0 bridgehead atoms.